The van der Waals surface area contributed by atoms with Crippen LogP contribution in [-0.2, 0) is 14.2 Å². The third-order valence-corrected chi connectivity index (χ3v) is 5.90. The fourth-order valence-electron chi connectivity index (χ4n) is 4.42. The summed E-state index contributed by atoms with van der Waals surface area (Å²) in [5.41, 5.74) is 0.441. The summed E-state index contributed by atoms with van der Waals surface area (Å²) in [6, 6.07) is 6.78. The molecule has 2 heterocycles. The summed E-state index contributed by atoms with van der Waals surface area (Å²) >= 11 is 0. The average molecular weight is 418 g/mol. The van der Waals surface area contributed by atoms with Gasteiger partial charge in [0.15, 0.2) is 6.10 Å². The minimum Gasteiger partial charge on any atom is -0.485 e. The van der Waals surface area contributed by atoms with E-state index in [0.29, 0.717) is 31.1 Å². The standard InChI is InChI=1S/C22H30N2O6/c1-2-27-21(25)14-7-6-10-16(11-14)30-18-13-29-19-17(12-28-20(18)19)24-22(26)23-15-8-4-3-5-9-15/h6-7,10-11,15,17-20H,2-5,8-9,12-13H2,1H3,(H2,23,24,26)/t17-,18-,19+,20+/m0/s1. The lowest BCUT2D eigenvalue weighted by Gasteiger charge is -2.24. The summed E-state index contributed by atoms with van der Waals surface area (Å²) in [4.78, 5) is 24.3. The van der Waals surface area contributed by atoms with Crippen LogP contribution < -0.4 is 15.4 Å². The molecule has 0 spiro atoms. The number of fused-ring (bicyclic) bond motifs is 1. The maximum absolute atomic E-state index is 12.4. The molecule has 1 aliphatic carbocycles. The highest BCUT2D eigenvalue weighted by molar-refractivity contribution is 5.89. The van der Waals surface area contributed by atoms with Crippen LogP contribution in [0, 0.1) is 0 Å². The highest BCUT2D eigenvalue weighted by Gasteiger charge is 2.49. The molecule has 30 heavy (non-hydrogen) atoms. The van der Waals surface area contributed by atoms with Gasteiger partial charge in [0.25, 0.3) is 0 Å². The number of urea groups is 1. The van der Waals surface area contributed by atoms with Gasteiger partial charge in [-0.25, -0.2) is 9.59 Å². The van der Waals surface area contributed by atoms with Crippen molar-refractivity contribution in [2.75, 3.05) is 19.8 Å². The first kappa shape index (κ1) is 20.9. The molecule has 1 aromatic carbocycles. The number of rotatable bonds is 6. The van der Waals surface area contributed by atoms with Gasteiger partial charge < -0.3 is 29.6 Å². The molecule has 3 fully saturated rings. The second-order valence-electron chi connectivity index (χ2n) is 8.06. The molecule has 0 aromatic heterocycles. The second kappa shape index (κ2) is 9.66. The predicted octanol–water partition coefficient (Wildman–Crippen LogP) is 2.41. The number of carbonyl (C=O) groups excluding carboxylic acids is 2. The Kier molecular flexibility index (Phi) is 6.74. The van der Waals surface area contributed by atoms with Crippen LogP contribution in [-0.4, -0.2) is 62.2 Å². The molecule has 0 unspecified atom stereocenters. The largest absolute Gasteiger partial charge is 0.485 e. The second-order valence-corrected chi connectivity index (χ2v) is 8.06. The van der Waals surface area contributed by atoms with E-state index < -0.39 is 0 Å². The Balaban J connectivity index is 1.30. The van der Waals surface area contributed by atoms with Crippen LogP contribution in [0.5, 0.6) is 5.75 Å². The van der Waals surface area contributed by atoms with Crippen molar-refractivity contribution >= 4 is 12.0 Å². The molecule has 2 N–H and O–H groups in total. The lowest BCUT2D eigenvalue weighted by molar-refractivity contribution is 0.0302. The highest BCUT2D eigenvalue weighted by atomic mass is 16.6. The normalized spacial score (nSPS) is 28.6. The predicted molar refractivity (Wildman–Crippen MR) is 109 cm³/mol. The molecule has 0 bridgehead atoms. The number of hydrogen-bond acceptors (Lipinski definition) is 6. The summed E-state index contributed by atoms with van der Waals surface area (Å²) in [7, 11) is 0. The van der Waals surface area contributed by atoms with Gasteiger partial charge in [0.1, 0.15) is 18.0 Å². The van der Waals surface area contributed by atoms with E-state index >= 15 is 0 Å². The zero-order valence-corrected chi connectivity index (χ0v) is 17.3. The first-order valence-electron chi connectivity index (χ1n) is 10.9. The topological polar surface area (TPSA) is 95.1 Å². The lowest BCUT2D eigenvalue weighted by Crippen LogP contribution is -2.51. The smallest absolute Gasteiger partial charge is 0.338 e. The van der Waals surface area contributed by atoms with Gasteiger partial charge in [-0.05, 0) is 38.0 Å². The van der Waals surface area contributed by atoms with E-state index in [9.17, 15) is 9.59 Å². The lowest BCUT2D eigenvalue weighted by atomic mass is 9.96. The Labute approximate surface area is 176 Å². The van der Waals surface area contributed by atoms with E-state index in [0.717, 1.165) is 12.8 Å². The maximum atomic E-state index is 12.4. The van der Waals surface area contributed by atoms with Crippen LogP contribution in [0.2, 0.25) is 0 Å². The third-order valence-electron chi connectivity index (χ3n) is 5.90. The van der Waals surface area contributed by atoms with Crippen molar-refractivity contribution in [2.24, 2.45) is 0 Å². The minimum absolute atomic E-state index is 0.161. The molecular weight excluding hydrogens is 388 g/mol. The molecule has 4 rings (SSSR count). The number of esters is 1. The van der Waals surface area contributed by atoms with Crippen molar-refractivity contribution in [3.05, 3.63) is 29.8 Å². The molecule has 8 nitrogen and oxygen atoms in total. The van der Waals surface area contributed by atoms with Crippen LogP contribution in [0.1, 0.15) is 49.4 Å². The Morgan fingerprint density at radius 3 is 2.67 bits per heavy atom. The summed E-state index contributed by atoms with van der Waals surface area (Å²) in [5, 5.41) is 6.07. The molecule has 164 valence electrons. The summed E-state index contributed by atoms with van der Waals surface area (Å²) in [5.74, 6) is 0.179. The summed E-state index contributed by atoms with van der Waals surface area (Å²) in [6.07, 6.45) is 4.84. The molecule has 0 radical (unpaired) electrons. The van der Waals surface area contributed by atoms with Gasteiger partial charge in [0, 0.05) is 6.04 Å². The van der Waals surface area contributed by atoms with Gasteiger partial charge in [-0.3, -0.25) is 0 Å². The number of benzene rings is 1. The Morgan fingerprint density at radius 2 is 1.87 bits per heavy atom. The van der Waals surface area contributed by atoms with Gasteiger partial charge in [0.2, 0.25) is 0 Å². The highest BCUT2D eigenvalue weighted by Crippen LogP contribution is 2.30. The molecule has 2 aliphatic heterocycles. The van der Waals surface area contributed by atoms with Crippen LogP contribution in [0.3, 0.4) is 0 Å². The van der Waals surface area contributed by atoms with Gasteiger partial charge >= 0.3 is 12.0 Å². The first-order valence-corrected chi connectivity index (χ1v) is 10.9. The molecule has 1 saturated carbocycles. The first-order chi connectivity index (χ1) is 14.6. The maximum Gasteiger partial charge on any atom is 0.338 e. The van der Waals surface area contributed by atoms with Crippen LogP contribution in [0.4, 0.5) is 4.79 Å². The molecule has 2 amide bonds. The van der Waals surface area contributed by atoms with Gasteiger partial charge in [-0.15, -0.1) is 0 Å². The van der Waals surface area contributed by atoms with Crippen LogP contribution >= 0.6 is 0 Å². The zero-order chi connectivity index (χ0) is 20.9. The quantitative estimate of drug-likeness (QED) is 0.689. The summed E-state index contributed by atoms with van der Waals surface area (Å²) in [6.45, 7) is 2.84. The van der Waals surface area contributed by atoms with Crippen molar-refractivity contribution in [2.45, 2.75) is 69.4 Å². The van der Waals surface area contributed by atoms with E-state index in [2.05, 4.69) is 10.6 Å². The van der Waals surface area contributed by atoms with E-state index in [4.69, 9.17) is 18.9 Å². The van der Waals surface area contributed by atoms with Crippen LogP contribution in [0.25, 0.3) is 0 Å². The Hall–Kier alpha value is -2.32. The Morgan fingerprint density at radius 1 is 1.07 bits per heavy atom. The average Bonchev–Trinajstić information content (AvgIpc) is 3.33. The van der Waals surface area contributed by atoms with Crippen molar-refractivity contribution < 1.29 is 28.5 Å². The fourth-order valence-corrected chi connectivity index (χ4v) is 4.42. The van der Waals surface area contributed by atoms with E-state index in [1.807, 2.05) is 0 Å². The van der Waals surface area contributed by atoms with Gasteiger partial charge in [-0.2, -0.15) is 0 Å². The number of carbonyl (C=O) groups is 2. The molecule has 3 aliphatic rings. The van der Waals surface area contributed by atoms with E-state index in [1.165, 1.54) is 19.3 Å². The van der Waals surface area contributed by atoms with E-state index in [-0.39, 0.29) is 42.4 Å². The van der Waals surface area contributed by atoms with Crippen molar-refractivity contribution in [1.29, 1.82) is 0 Å². The third kappa shape index (κ3) is 4.87. The zero-order valence-electron chi connectivity index (χ0n) is 17.3. The number of hydrogen-bond donors (Lipinski definition) is 2. The monoisotopic (exact) mass is 418 g/mol. The molecular formula is C22H30N2O6. The van der Waals surface area contributed by atoms with Gasteiger partial charge in [-0.1, -0.05) is 25.3 Å². The van der Waals surface area contributed by atoms with Crippen LogP contribution in [0.15, 0.2) is 24.3 Å². The number of ether oxygens (including phenoxy) is 4. The summed E-state index contributed by atoms with van der Waals surface area (Å²) < 4.78 is 22.9. The van der Waals surface area contributed by atoms with Gasteiger partial charge in [0.05, 0.1) is 31.4 Å². The minimum atomic E-state index is -0.381. The molecule has 2 saturated heterocycles. The fraction of sp³-hybridized carbons (Fsp3) is 0.636. The van der Waals surface area contributed by atoms with Crippen molar-refractivity contribution in [3.63, 3.8) is 0 Å². The van der Waals surface area contributed by atoms with Crippen molar-refractivity contribution in [1.82, 2.24) is 10.6 Å². The number of nitrogens with one attached hydrogen (secondary N) is 2. The SMILES string of the molecule is CCOC(=O)c1cccc(O[C@H]2CO[C@H]3[C@@H]2OC[C@@H]3NC(=O)NC2CCCCC2)c1. The number of amides is 2. The molecule has 8 heteroatoms. The molecule has 1 aromatic rings. The van der Waals surface area contributed by atoms with Crippen molar-refractivity contribution in [3.8, 4) is 5.75 Å². The Bertz CT molecular complexity index is 751. The van der Waals surface area contributed by atoms with E-state index in [1.54, 1.807) is 31.2 Å². The molecule has 4 atom stereocenters.